The van der Waals surface area contributed by atoms with Crippen LogP contribution in [-0.4, -0.2) is 34.9 Å². The van der Waals surface area contributed by atoms with E-state index in [1.165, 1.54) is 0 Å². The third-order valence-corrected chi connectivity index (χ3v) is 7.96. The quantitative estimate of drug-likeness (QED) is 0.438. The summed E-state index contributed by atoms with van der Waals surface area (Å²) in [6.45, 7) is 10.4. The summed E-state index contributed by atoms with van der Waals surface area (Å²) in [7, 11) is 0. The van der Waals surface area contributed by atoms with E-state index in [1.807, 2.05) is 26.0 Å². The number of esters is 1. The fourth-order valence-corrected chi connectivity index (χ4v) is 6.38. The summed E-state index contributed by atoms with van der Waals surface area (Å²) in [6.07, 6.45) is 5.73. The largest absolute Gasteiger partial charge is 0.481 e. The molecule has 1 unspecified atom stereocenters. The van der Waals surface area contributed by atoms with Crippen molar-refractivity contribution in [3.63, 3.8) is 0 Å². The van der Waals surface area contributed by atoms with Crippen molar-refractivity contribution in [2.45, 2.75) is 65.4 Å². The van der Waals surface area contributed by atoms with Gasteiger partial charge >= 0.3 is 11.9 Å². The van der Waals surface area contributed by atoms with Gasteiger partial charge in [-0.3, -0.25) is 4.79 Å². The topological polar surface area (TPSA) is 83.8 Å². The Morgan fingerprint density at radius 1 is 1.22 bits per heavy atom. The monoisotopic (exact) mass is 440 g/mol. The molecule has 2 N–H and O–H groups in total. The van der Waals surface area contributed by atoms with Crippen molar-refractivity contribution in [1.82, 2.24) is 0 Å². The third-order valence-electron chi connectivity index (χ3n) is 7.96. The van der Waals surface area contributed by atoms with Crippen LogP contribution in [-0.2, 0) is 9.53 Å². The van der Waals surface area contributed by atoms with Crippen LogP contribution in [0.25, 0.3) is 0 Å². The van der Waals surface area contributed by atoms with Gasteiger partial charge in [0.25, 0.3) is 0 Å². The molecule has 174 valence electrons. The van der Waals surface area contributed by atoms with E-state index in [0.717, 1.165) is 36.8 Å². The number of benzene rings is 1. The summed E-state index contributed by atoms with van der Waals surface area (Å²) in [6, 6.07) is 8.86. The molecule has 0 bridgehead atoms. The van der Waals surface area contributed by atoms with Crippen LogP contribution in [0.1, 0.15) is 69.7 Å². The number of aliphatic hydroxyl groups excluding tert-OH is 1. The van der Waals surface area contributed by atoms with Gasteiger partial charge in [-0.1, -0.05) is 55.3 Å². The van der Waals surface area contributed by atoms with Gasteiger partial charge in [0.05, 0.1) is 17.6 Å². The van der Waals surface area contributed by atoms with Crippen molar-refractivity contribution in [1.29, 1.82) is 0 Å². The zero-order valence-electron chi connectivity index (χ0n) is 19.5. The number of hydrogen-bond acceptors (Lipinski definition) is 4. The minimum absolute atomic E-state index is 0.0198. The highest BCUT2D eigenvalue weighted by molar-refractivity contribution is 5.89. The molecule has 5 atom stereocenters. The lowest BCUT2D eigenvalue weighted by Crippen LogP contribution is -2.59. The minimum atomic E-state index is -0.969. The van der Waals surface area contributed by atoms with Gasteiger partial charge in [-0.15, -0.1) is 0 Å². The molecule has 0 radical (unpaired) electrons. The van der Waals surface area contributed by atoms with E-state index in [1.54, 1.807) is 24.3 Å². The number of hydrogen-bond donors (Lipinski definition) is 2. The van der Waals surface area contributed by atoms with Crippen molar-refractivity contribution in [2.24, 2.45) is 22.7 Å². The highest BCUT2D eigenvalue weighted by Gasteiger charge is 2.61. The second-order valence-electron chi connectivity index (χ2n) is 10.1. The average molecular weight is 441 g/mol. The summed E-state index contributed by atoms with van der Waals surface area (Å²) in [5.41, 5.74) is 1.32. The number of aliphatic carboxylic acids is 1. The molecule has 1 aromatic rings. The average Bonchev–Trinajstić information content (AvgIpc) is 2.73. The van der Waals surface area contributed by atoms with Gasteiger partial charge < -0.3 is 14.9 Å². The Morgan fingerprint density at radius 2 is 1.91 bits per heavy atom. The van der Waals surface area contributed by atoms with Gasteiger partial charge in [-0.25, -0.2) is 4.79 Å². The molecule has 0 heterocycles. The molecule has 32 heavy (non-hydrogen) atoms. The Balaban J connectivity index is 1.96. The smallest absolute Gasteiger partial charge is 0.338 e. The number of carboxylic acids is 1. The maximum Gasteiger partial charge on any atom is 0.338 e. The molecule has 5 nitrogen and oxygen atoms in total. The van der Waals surface area contributed by atoms with E-state index >= 15 is 0 Å². The van der Waals surface area contributed by atoms with Crippen LogP contribution in [0.15, 0.2) is 54.1 Å². The molecule has 2 fully saturated rings. The first-order chi connectivity index (χ1) is 15.1. The molecule has 0 aromatic heterocycles. The van der Waals surface area contributed by atoms with E-state index in [4.69, 9.17) is 4.74 Å². The Bertz CT molecular complexity index is 889. The molecule has 3 rings (SSSR count). The van der Waals surface area contributed by atoms with Crippen molar-refractivity contribution >= 4 is 11.9 Å². The normalized spacial score (nSPS) is 32.8. The molecule has 1 aromatic carbocycles. The van der Waals surface area contributed by atoms with Crippen molar-refractivity contribution in [2.75, 3.05) is 6.61 Å². The summed E-state index contributed by atoms with van der Waals surface area (Å²) in [4.78, 5) is 25.4. The van der Waals surface area contributed by atoms with E-state index < -0.39 is 23.5 Å². The molecule has 2 aliphatic rings. The molecule has 2 saturated carbocycles. The van der Waals surface area contributed by atoms with Gasteiger partial charge in [0.1, 0.15) is 6.10 Å². The predicted octanol–water partition coefficient (Wildman–Crippen LogP) is 5.40. The lowest BCUT2D eigenvalue weighted by molar-refractivity contribution is -0.177. The molecule has 0 amide bonds. The van der Waals surface area contributed by atoms with Gasteiger partial charge in [0, 0.05) is 12.3 Å². The van der Waals surface area contributed by atoms with Crippen LogP contribution < -0.4 is 0 Å². The number of aliphatic hydroxyl groups is 1. The second-order valence-corrected chi connectivity index (χ2v) is 10.1. The zero-order valence-corrected chi connectivity index (χ0v) is 19.5. The Morgan fingerprint density at radius 3 is 2.53 bits per heavy atom. The van der Waals surface area contributed by atoms with Gasteiger partial charge in [0.2, 0.25) is 0 Å². The predicted molar refractivity (Wildman–Crippen MR) is 124 cm³/mol. The molecule has 0 aliphatic heterocycles. The summed E-state index contributed by atoms with van der Waals surface area (Å²) < 4.78 is 6.03. The number of carboxylic acid groups (broad SMARTS) is 1. The number of carbonyl (C=O) groups is 2. The summed E-state index contributed by atoms with van der Waals surface area (Å²) >= 11 is 0. The van der Waals surface area contributed by atoms with E-state index in [2.05, 4.69) is 13.5 Å². The van der Waals surface area contributed by atoms with Crippen LogP contribution >= 0.6 is 0 Å². The number of rotatable bonds is 7. The molecule has 5 heteroatoms. The maximum absolute atomic E-state index is 12.9. The fourth-order valence-electron chi connectivity index (χ4n) is 6.38. The molecular formula is C27H36O5. The van der Waals surface area contributed by atoms with Crippen molar-refractivity contribution < 1.29 is 24.5 Å². The van der Waals surface area contributed by atoms with E-state index in [9.17, 15) is 19.8 Å². The summed E-state index contributed by atoms with van der Waals surface area (Å²) in [5, 5.41) is 19.5. The molecule has 0 saturated heterocycles. The van der Waals surface area contributed by atoms with Gasteiger partial charge in [-0.2, -0.15) is 0 Å². The molecule has 2 aliphatic carbocycles. The molecule has 0 spiro atoms. The van der Waals surface area contributed by atoms with Crippen LogP contribution in [0.2, 0.25) is 0 Å². The highest BCUT2D eigenvalue weighted by Crippen LogP contribution is 2.62. The fraction of sp³-hybridized carbons (Fsp3) is 0.556. The van der Waals surface area contributed by atoms with Gasteiger partial charge in [-0.05, 0) is 63.0 Å². The number of carbonyl (C=O) groups excluding carboxylic acids is 1. The Hall–Kier alpha value is -2.40. The lowest BCUT2D eigenvalue weighted by Gasteiger charge is -2.59. The Kier molecular flexibility index (Phi) is 7.29. The Labute approximate surface area is 191 Å². The first kappa shape index (κ1) is 24.2. The second kappa shape index (κ2) is 9.62. The number of ether oxygens (including phenoxy) is 1. The lowest BCUT2D eigenvalue weighted by atomic mass is 9.45. The van der Waals surface area contributed by atoms with Crippen LogP contribution in [0.3, 0.4) is 0 Å². The maximum atomic E-state index is 12.9. The van der Waals surface area contributed by atoms with Gasteiger partial charge in [0.15, 0.2) is 0 Å². The first-order valence-corrected chi connectivity index (χ1v) is 11.6. The van der Waals surface area contributed by atoms with Crippen molar-refractivity contribution in [3.05, 3.63) is 59.7 Å². The van der Waals surface area contributed by atoms with E-state index in [0.29, 0.717) is 18.4 Å². The van der Waals surface area contributed by atoms with Crippen LogP contribution in [0.5, 0.6) is 0 Å². The van der Waals surface area contributed by atoms with E-state index in [-0.39, 0.29) is 23.9 Å². The first-order valence-electron chi connectivity index (χ1n) is 11.6. The minimum Gasteiger partial charge on any atom is -0.481 e. The van der Waals surface area contributed by atoms with Crippen LogP contribution in [0.4, 0.5) is 0 Å². The SMILES string of the molecule is C=C1C[C@@H](OC(=O)c2ccccc2)[C@H]2[C@](C)(C(=O)O)CCC[C@]2(C)C1CC/C(C)=C/CO. The highest BCUT2D eigenvalue weighted by atomic mass is 16.5. The summed E-state index contributed by atoms with van der Waals surface area (Å²) in [5.74, 6) is -1.40. The third kappa shape index (κ3) is 4.54. The number of fused-ring (bicyclic) bond motifs is 1. The molecular weight excluding hydrogens is 404 g/mol. The van der Waals surface area contributed by atoms with Crippen molar-refractivity contribution in [3.8, 4) is 0 Å². The van der Waals surface area contributed by atoms with Crippen LogP contribution in [0, 0.1) is 22.7 Å². The standard InChI is InChI=1S/C27H36O5/c1-18(13-16-28)11-12-21-19(2)17-22(32-24(29)20-9-6-5-7-10-20)23-26(21,3)14-8-15-27(23,4)25(30)31/h5-7,9-10,13,21-23,28H,2,8,11-12,14-17H2,1,3-4H3,(H,30,31)/b18-13+/t21?,22-,23-,26-,27-/m1/s1. The number of allylic oxidation sites excluding steroid dienone is 1. The zero-order chi connectivity index (χ0) is 23.5.